The molecule has 0 aliphatic carbocycles. The van der Waals surface area contributed by atoms with Crippen LogP contribution in [0.3, 0.4) is 0 Å². The molecular formula is C26H29F6N5O2. The molecule has 2 atom stereocenters. The van der Waals surface area contributed by atoms with E-state index in [0.717, 1.165) is 29.1 Å². The predicted molar refractivity (Wildman–Crippen MR) is 129 cm³/mol. The number of hydrogen-bond acceptors (Lipinski definition) is 6. The van der Waals surface area contributed by atoms with E-state index >= 15 is 0 Å². The first-order valence-corrected chi connectivity index (χ1v) is 12.3. The SMILES string of the molecule is CN(C)Cc1n[nH]nc1CN1CCO[C@@H](OCCc2cc(C(F)(F)F)cc(C(F)(F)F)c2)[C@@H]1c1ccccc1. The minimum atomic E-state index is -4.91. The van der Waals surface area contributed by atoms with Crippen molar-refractivity contribution < 1.29 is 35.8 Å². The second kappa shape index (κ2) is 12.0. The van der Waals surface area contributed by atoms with Gasteiger partial charge in [0.25, 0.3) is 0 Å². The lowest BCUT2D eigenvalue weighted by molar-refractivity contribution is -0.212. The molecule has 0 amide bonds. The smallest absolute Gasteiger partial charge is 0.350 e. The summed E-state index contributed by atoms with van der Waals surface area (Å²) >= 11 is 0. The third kappa shape index (κ3) is 7.56. The fraction of sp³-hybridized carbons (Fsp3) is 0.462. The van der Waals surface area contributed by atoms with Gasteiger partial charge in [-0.3, -0.25) is 4.90 Å². The Bertz CT molecular complexity index is 1180. The number of hydrogen-bond donors (Lipinski definition) is 1. The van der Waals surface area contributed by atoms with Crippen molar-refractivity contribution >= 4 is 0 Å². The molecule has 1 fully saturated rings. The molecule has 39 heavy (non-hydrogen) atoms. The number of ether oxygens (including phenoxy) is 2. The van der Waals surface area contributed by atoms with E-state index in [9.17, 15) is 26.3 Å². The topological polar surface area (TPSA) is 66.5 Å². The number of morpholine rings is 1. The maximum absolute atomic E-state index is 13.2. The van der Waals surface area contributed by atoms with Crippen molar-refractivity contribution in [2.24, 2.45) is 0 Å². The summed E-state index contributed by atoms with van der Waals surface area (Å²) in [6, 6.07) is 10.6. The normalized spacial score (nSPS) is 19.1. The van der Waals surface area contributed by atoms with Gasteiger partial charge in [-0.25, -0.2) is 0 Å². The molecule has 0 unspecified atom stereocenters. The van der Waals surface area contributed by atoms with Gasteiger partial charge < -0.3 is 14.4 Å². The summed E-state index contributed by atoms with van der Waals surface area (Å²) in [6.45, 7) is 1.75. The molecule has 1 saturated heterocycles. The van der Waals surface area contributed by atoms with Crippen LogP contribution in [-0.2, 0) is 41.3 Å². The number of aromatic nitrogens is 3. The highest BCUT2D eigenvalue weighted by atomic mass is 19.4. The van der Waals surface area contributed by atoms with Gasteiger partial charge >= 0.3 is 12.4 Å². The second-order valence-corrected chi connectivity index (χ2v) is 9.55. The minimum Gasteiger partial charge on any atom is -0.350 e. The van der Waals surface area contributed by atoms with Crippen LogP contribution < -0.4 is 0 Å². The van der Waals surface area contributed by atoms with E-state index in [-0.39, 0.29) is 24.7 Å². The lowest BCUT2D eigenvalue weighted by Gasteiger charge is -2.41. The zero-order valence-electron chi connectivity index (χ0n) is 21.4. The fourth-order valence-corrected chi connectivity index (χ4v) is 4.50. The molecular weight excluding hydrogens is 528 g/mol. The molecule has 4 rings (SSSR count). The highest BCUT2D eigenvalue weighted by molar-refractivity contribution is 5.33. The van der Waals surface area contributed by atoms with Gasteiger partial charge in [0.2, 0.25) is 0 Å². The zero-order valence-corrected chi connectivity index (χ0v) is 21.4. The molecule has 1 N–H and O–H groups in total. The molecule has 0 saturated carbocycles. The first kappa shape index (κ1) is 29.0. The summed E-state index contributed by atoms with van der Waals surface area (Å²) in [5, 5.41) is 11.2. The Hall–Kier alpha value is -3.00. The number of rotatable bonds is 9. The molecule has 1 aromatic heterocycles. The van der Waals surface area contributed by atoms with Crippen LogP contribution in [-0.4, -0.2) is 65.4 Å². The molecule has 212 valence electrons. The number of H-pyrrole nitrogens is 1. The van der Waals surface area contributed by atoms with Crippen LogP contribution in [0, 0.1) is 0 Å². The summed E-state index contributed by atoms with van der Waals surface area (Å²) in [5.74, 6) is 0. The summed E-state index contributed by atoms with van der Waals surface area (Å²) in [7, 11) is 3.85. The van der Waals surface area contributed by atoms with Crippen molar-refractivity contribution in [2.75, 3.05) is 33.9 Å². The molecule has 0 spiro atoms. The van der Waals surface area contributed by atoms with Gasteiger partial charge in [-0.2, -0.15) is 41.8 Å². The van der Waals surface area contributed by atoms with Crippen molar-refractivity contribution in [3.05, 3.63) is 82.2 Å². The molecule has 1 aliphatic rings. The number of nitrogens with one attached hydrogen (secondary N) is 1. The molecule has 0 radical (unpaired) electrons. The minimum absolute atomic E-state index is 0.117. The van der Waals surface area contributed by atoms with E-state index in [1.807, 2.05) is 49.3 Å². The zero-order chi connectivity index (χ0) is 28.2. The predicted octanol–water partition coefficient (Wildman–Crippen LogP) is 5.06. The van der Waals surface area contributed by atoms with Crippen molar-refractivity contribution in [3.63, 3.8) is 0 Å². The van der Waals surface area contributed by atoms with E-state index in [2.05, 4.69) is 20.3 Å². The van der Waals surface area contributed by atoms with E-state index in [1.54, 1.807) is 0 Å². The molecule has 2 heterocycles. The van der Waals surface area contributed by atoms with Crippen molar-refractivity contribution in [1.29, 1.82) is 0 Å². The largest absolute Gasteiger partial charge is 0.416 e. The number of aromatic amines is 1. The van der Waals surface area contributed by atoms with Gasteiger partial charge in [0, 0.05) is 19.6 Å². The summed E-state index contributed by atoms with van der Waals surface area (Å²) in [6.07, 6.45) is -10.8. The first-order valence-electron chi connectivity index (χ1n) is 12.3. The highest BCUT2D eigenvalue weighted by Gasteiger charge is 2.38. The lowest BCUT2D eigenvalue weighted by Crippen LogP contribution is -2.46. The Morgan fingerprint density at radius 3 is 2.23 bits per heavy atom. The van der Waals surface area contributed by atoms with Gasteiger partial charge in [0.05, 0.1) is 30.4 Å². The van der Waals surface area contributed by atoms with E-state index < -0.39 is 35.8 Å². The average Bonchev–Trinajstić information content (AvgIpc) is 3.29. The third-order valence-corrected chi connectivity index (χ3v) is 6.30. The number of halogens is 6. The first-order chi connectivity index (χ1) is 18.4. The van der Waals surface area contributed by atoms with E-state index in [1.165, 1.54) is 0 Å². The number of benzene rings is 2. The van der Waals surface area contributed by atoms with Crippen molar-refractivity contribution in [1.82, 2.24) is 25.2 Å². The molecule has 3 aromatic rings. The van der Waals surface area contributed by atoms with Crippen LogP contribution in [0.2, 0.25) is 0 Å². The third-order valence-electron chi connectivity index (χ3n) is 6.30. The summed E-state index contributed by atoms with van der Waals surface area (Å²) in [5.41, 5.74) is -0.392. The van der Waals surface area contributed by atoms with Crippen LogP contribution in [0.5, 0.6) is 0 Å². The maximum atomic E-state index is 13.2. The highest BCUT2D eigenvalue weighted by Crippen LogP contribution is 2.37. The standard InChI is InChI=1S/C26H29F6N5O2/c1-36(2)15-21-22(34-35-33-21)16-37-9-11-39-24(23(37)18-6-4-3-5-7-18)38-10-8-17-12-19(25(27,28)29)14-20(13-17)26(30,31)32/h3-7,12-14,23-24H,8-11,15-16H2,1-2H3,(H,33,34,35)/t23-,24+/m0/s1. The Morgan fingerprint density at radius 2 is 1.62 bits per heavy atom. The van der Waals surface area contributed by atoms with E-state index in [4.69, 9.17) is 9.47 Å². The van der Waals surface area contributed by atoms with Crippen LogP contribution in [0.1, 0.15) is 39.7 Å². The van der Waals surface area contributed by atoms with Gasteiger partial charge in [0.1, 0.15) is 11.4 Å². The second-order valence-electron chi connectivity index (χ2n) is 9.55. The Morgan fingerprint density at radius 1 is 0.974 bits per heavy atom. The summed E-state index contributed by atoms with van der Waals surface area (Å²) in [4.78, 5) is 4.09. The molecule has 13 heteroatoms. The van der Waals surface area contributed by atoms with Crippen LogP contribution in [0.15, 0.2) is 48.5 Å². The van der Waals surface area contributed by atoms with E-state index in [0.29, 0.717) is 26.2 Å². The summed E-state index contributed by atoms with van der Waals surface area (Å²) < 4.78 is 91.4. The van der Waals surface area contributed by atoms with Gasteiger partial charge in [-0.05, 0) is 49.8 Å². The fourth-order valence-electron chi connectivity index (χ4n) is 4.50. The Kier molecular flexibility index (Phi) is 8.94. The molecule has 1 aliphatic heterocycles. The van der Waals surface area contributed by atoms with Gasteiger partial charge in [-0.15, -0.1) is 0 Å². The number of nitrogens with zero attached hydrogens (tertiary/aromatic N) is 4. The number of alkyl halides is 6. The molecule has 0 bridgehead atoms. The van der Waals surface area contributed by atoms with Gasteiger partial charge in [0.15, 0.2) is 6.29 Å². The molecule has 2 aromatic carbocycles. The van der Waals surface area contributed by atoms with Crippen LogP contribution in [0.25, 0.3) is 0 Å². The Balaban J connectivity index is 1.52. The molecule has 7 nitrogen and oxygen atoms in total. The van der Waals surface area contributed by atoms with Crippen LogP contribution >= 0.6 is 0 Å². The van der Waals surface area contributed by atoms with Gasteiger partial charge in [-0.1, -0.05) is 30.3 Å². The van der Waals surface area contributed by atoms with Crippen LogP contribution in [0.4, 0.5) is 26.3 Å². The van der Waals surface area contributed by atoms with Crippen molar-refractivity contribution in [2.45, 2.75) is 44.2 Å². The monoisotopic (exact) mass is 557 g/mol. The Labute approximate surface area is 221 Å². The maximum Gasteiger partial charge on any atom is 0.416 e. The van der Waals surface area contributed by atoms with Crippen molar-refractivity contribution in [3.8, 4) is 0 Å². The average molecular weight is 558 g/mol. The quantitative estimate of drug-likeness (QED) is 0.371. The lowest BCUT2D eigenvalue weighted by atomic mass is 10.0.